The minimum atomic E-state index is -0.141. The Kier molecular flexibility index (Phi) is 4.60. The predicted molar refractivity (Wildman–Crippen MR) is 76.4 cm³/mol. The summed E-state index contributed by atoms with van der Waals surface area (Å²) in [5.41, 5.74) is 2.24. The first-order valence-electron chi connectivity index (χ1n) is 6.44. The van der Waals surface area contributed by atoms with Gasteiger partial charge in [-0.05, 0) is 24.6 Å². The van der Waals surface area contributed by atoms with Crippen molar-refractivity contribution in [2.75, 3.05) is 12.4 Å². The quantitative estimate of drug-likeness (QED) is 0.859. The van der Waals surface area contributed by atoms with Crippen LogP contribution >= 0.6 is 0 Å². The molecule has 20 heavy (non-hydrogen) atoms. The van der Waals surface area contributed by atoms with Crippen molar-refractivity contribution >= 4 is 11.7 Å². The van der Waals surface area contributed by atoms with E-state index in [0.717, 1.165) is 17.8 Å². The van der Waals surface area contributed by atoms with Gasteiger partial charge in [0.15, 0.2) is 0 Å². The normalized spacial score (nSPS) is 10.1. The number of anilines is 1. The van der Waals surface area contributed by atoms with Gasteiger partial charge in [-0.2, -0.15) is 0 Å². The number of nitrogens with zero attached hydrogens (tertiary/aromatic N) is 3. The lowest BCUT2D eigenvalue weighted by molar-refractivity contribution is 0.0950. The number of carbonyl (C=O) groups is 1. The number of aromatic nitrogens is 3. The molecule has 2 aromatic rings. The maximum Gasteiger partial charge on any atom is 0.251 e. The van der Waals surface area contributed by atoms with E-state index in [9.17, 15) is 4.79 Å². The second-order valence-electron chi connectivity index (χ2n) is 4.22. The standard InChI is InChI=1S/C14H17N5O/c1-3-11-6-10(7-13(15-2)19-11)14(20)17-8-12-4-5-16-9-18-12/h4-7,9H,3,8H2,1-2H3,(H,15,19)(H,17,20). The largest absolute Gasteiger partial charge is 0.373 e. The summed E-state index contributed by atoms with van der Waals surface area (Å²) in [5, 5.41) is 5.79. The summed E-state index contributed by atoms with van der Waals surface area (Å²) in [6, 6.07) is 5.30. The minimum absolute atomic E-state index is 0.141. The fourth-order valence-electron chi connectivity index (χ4n) is 1.72. The van der Waals surface area contributed by atoms with Gasteiger partial charge in [0.2, 0.25) is 0 Å². The number of hydrogen-bond donors (Lipinski definition) is 2. The molecule has 1 amide bonds. The molecule has 6 nitrogen and oxygen atoms in total. The molecule has 2 heterocycles. The van der Waals surface area contributed by atoms with Gasteiger partial charge in [0.05, 0.1) is 12.2 Å². The number of rotatable bonds is 5. The first kappa shape index (κ1) is 13.9. The molecule has 104 valence electrons. The van der Waals surface area contributed by atoms with Gasteiger partial charge < -0.3 is 10.6 Å². The lowest BCUT2D eigenvalue weighted by Gasteiger charge is -2.08. The molecular formula is C14H17N5O. The van der Waals surface area contributed by atoms with Crippen LogP contribution < -0.4 is 10.6 Å². The monoisotopic (exact) mass is 271 g/mol. The van der Waals surface area contributed by atoms with Crippen molar-refractivity contribution in [3.8, 4) is 0 Å². The molecule has 0 saturated carbocycles. The van der Waals surface area contributed by atoms with Crippen LogP contribution in [0.4, 0.5) is 5.82 Å². The van der Waals surface area contributed by atoms with E-state index in [-0.39, 0.29) is 5.91 Å². The van der Waals surface area contributed by atoms with E-state index in [1.165, 1.54) is 6.33 Å². The molecule has 0 spiro atoms. The summed E-state index contributed by atoms with van der Waals surface area (Å²) < 4.78 is 0. The zero-order chi connectivity index (χ0) is 14.4. The Bertz CT molecular complexity index is 563. The summed E-state index contributed by atoms with van der Waals surface area (Å²) in [6.07, 6.45) is 3.89. The fraction of sp³-hybridized carbons (Fsp3) is 0.286. The Morgan fingerprint density at radius 3 is 2.80 bits per heavy atom. The molecule has 6 heteroatoms. The number of pyridine rings is 1. The molecule has 0 unspecified atom stereocenters. The van der Waals surface area contributed by atoms with Crippen LogP contribution in [0.2, 0.25) is 0 Å². The number of nitrogens with one attached hydrogen (secondary N) is 2. The molecular weight excluding hydrogens is 254 g/mol. The Labute approximate surface area is 117 Å². The number of amides is 1. The molecule has 0 aliphatic carbocycles. The molecule has 2 aromatic heterocycles. The summed E-state index contributed by atoms with van der Waals surface area (Å²) in [6.45, 7) is 2.38. The highest BCUT2D eigenvalue weighted by molar-refractivity contribution is 5.94. The summed E-state index contributed by atoms with van der Waals surface area (Å²) >= 11 is 0. The molecule has 0 aliphatic heterocycles. The smallest absolute Gasteiger partial charge is 0.251 e. The van der Waals surface area contributed by atoms with Crippen molar-refractivity contribution in [2.45, 2.75) is 19.9 Å². The summed E-state index contributed by atoms with van der Waals surface area (Å²) in [7, 11) is 1.78. The maximum absolute atomic E-state index is 12.1. The SMILES string of the molecule is CCc1cc(C(=O)NCc2ccncn2)cc(NC)n1. The average Bonchev–Trinajstić information content (AvgIpc) is 2.52. The maximum atomic E-state index is 12.1. The van der Waals surface area contributed by atoms with Crippen LogP contribution in [0.25, 0.3) is 0 Å². The van der Waals surface area contributed by atoms with E-state index in [2.05, 4.69) is 25.6 Å². The van der Waals surface area contributed by atoms with Crippen LogP contribution in [0, 0.1) is 0 Å². The van der Waals surface area contributed by atoms with E-state index < -0.39 is 0 Å². The third kappa shape index (κ3) is 3.50. The summed E-state index contributed by atoms with van der Waals surface area (Å²) in [4.78, 5) is 24.4. The van der Waals surface area contributed by atoms with Gasteiger partial charge >= 0.3 is 0 Å². The van der Waals surface area contributed by atoms with E-state index in [0.29, 0.717) is 17.9 Å². The fourth-order valence-corrected chi connectivity index (χ4v) is 1.72. The van der Waals surface area contributed by atoms with Crippen molar-refractivity contribution in [3.05, 3.63) is 47.7 Å². The third-order valence-electron chi connectivity index (χ3n) is 2.83. The highest BCUT2D eigenvalue weighted by atomic mass is 16.1. The van der Waals surface area contributed by atoms with Crippen LogP contribution in [0.3, 0.4) is 0 Å². The first-order valence-corrected chi connectivity index (χ1v) is 6.44. The average molecular weight is 271 g/mol. The lowest BCUT2D eigenvalue weighted by atomic mass is 10.2. The second kappa shape index (κ2) is 6.60. The van der Waals surface area contributed by atoms with Crippen molar-refractivity contribution in [1.29, 1.82) is 0 Å². The molecule has 0 atom stereocenters. The van der Waals surface area contributed by atoms with Crippen molar-refractivity contribution in [2.24, 2.45) is 0 Å². The van der Waals surface area contributed by atoms with Gasteiger partial charge in [-0.15, -0.1) is 0 Å². The van der Waals surface area contributed by atoms with Gasteiger partial charge in [0.1, 0.15) is 12.1 Å². The van der Waals surface area contributed by atoms with E-state index >= 15 is 0 Å². The highest BCUT2D eigenvalue weighted by Gasteiger charge is 2.09. The number of carbonyl (C=O) groups excluding carboxylic acids is 1. The van der Waals surface area contributed by atoms with E-state index in [4.69, 9.17) is 0 Å². The highest BCUT2D eigenvalue weighted by Crippen LogP contribution is 2.11. The Hall–Kier alpha value is -2.50. The topological polar surface area (TPSA) is 79.8 Å². The minimum Gasteiger partial charge on any atom is -0.373 e. The Morgan fingerprint density at radius 1 is 1.30 bits per heavy atom. The molecule has 0 aromatic carbocycles. The predicted octanol–water partition coefficient (Wildman–Crippen LogP) is 1.41. The Balaban J connectivity index is 2.08. The zero-order valence-electron chi connectivity index (χ0n) is 11.6. The van der Waals surface area contributed by atoms with Crippen LogP contribution in [0.15, 0.2) is 30.7 Å². The van der Waals surface area contributed by atoms with Gasteiger partial charge in [0, 0.05) is 24.5 Å². The third-order valence-corrected chi connectivity index (χ3v) is 2.83. The number of aryl methyl sites for hydroxylation is 1. The van der Waals surface area contributed by atoms with Crippen LogP contribution in [0.5, 0.6) is 0 Å². The molecule has 0 radical (unpaired) electrons. The molecule has 2 N–H and O–H groups in total. The van der Waals surface area contributed by atoms with Gasteiger partial charge in [-0.25, -0.2) is 15.0 Å². The van der Waals surface area contributed by atoms with Gasteiger partial charge in [-0.3, -0.25) is 4.79 Å². The molecule has 0 fully saturated rings. The molecule has 0 aliphatic rings. The number of hydrogen-bond acceptors (Lipinski definition) is 5. The molecule has 0 bridgehead atoms. The first-order chi connectivity index (χ1) is 9.72. The summed E-state index contributed by atoms with van der Waals surface area (Å²) in [5.74, 6) is 0.550. The second-order valence-corrected chi connectivity index (χ2v) is 4.22. The zero-order valence-corrected chi connectivity index (χ0v) is 11.6. The Morgan fingerprint density at radius 2 is 2.15 bits per heavy atom. The molecule has 0 saturated heterocycles. The van der Waals surface area contributed by atoms with E-state index in [1.807, 2.05) is 6.92 Å². The van der Waals surface area contributed by atoms with Crippen molar-refractivity contribution in [1.82, 2.24) is 20.3 Å². The van der Waals surface area contributed by atoms with Crippen LogP contribution in [-0.4, -0.2) is 27.9 Å². The van der Waals surface area contributed by atoms with Crippen LogP contribution in [0.1, 0.15) is 28.7 Å². The lowest BCUT2D eigenvalue weighted by Crippen LogP contribution is -2.23. The van der Waals surface area contributed by atoms with Crippen molar-refractivity contribution < 1.29 is 4.79 Å². The van der Waals surface area contributed by atoms with Gasteiger partial charge in [0.25, 0.3) is 5.91 Å². The van der Waals surface area contributed by atoms with E-state index in [1.54, 1.807) is 31.4 Å². The van der Waals surface area contributed by atoms with Gasteiger partial charge in [-0.1, -0.05) is 6.92 Å². The van der Waals surface area contributed by atoms with Crippen molar-refractivity contribution in [3.63, 3.8) is 0 Å². The van der Waals surface area contributed by atoms with Crippen LogP contribution in [-0.2, 0) is 13.0 Å². The molecule has 2 rings (SSSR count).